The third kappa shape index (κ3) is 4.85. The van der Waals surface area contributed by atoms with Crippen molar-refractivity contribution in [2.24, 2.45) is 0 Å². The number of hydrogen-bond donors (Lipinski definition) is 7. The van der Waals surface area contributed by atoms with E-state index in [4.69, 9.17) is 25.3 Å². The number of thiol groups is 1. The highest BCUT2D eigenvalue weighted by Crippen LogP contribution is 2.60. The predicted octanol–water partition coefficient (Wildman–Crippen LogP) is -1.80. The van der Waals surface area contributed by atoms with Crippen molar-refractivity contribution in [2.75, 3.05) is 30.4 Å². The molecule has 22 heteroatoms. The number of aromatic amines is 1. The highest BCUT2D eigenvalue weighted by atomic mass is 32.7. The summed E-state index contributed by atoms with van der Waals surface area (Å²) in [6, 6.07) is 0. The Morgan fingerprint density at radius 2 is 2.12 bits per heavy atom. The maximum atomic E-state index is 13.5. The van der Waals surface area contributed by atoms with Gasteiger partial charge >= 0.3 is 6.80 Å². The Labute approximate surface area is 238 Å². The number of nitrogens with zero attached hydrogens (tertiary/aromatic N) is 8. The minimum atomic E-state index is -4.37. The number of anilines is 2. The number of aromatic nitrogens is 9. The van der Waals surface area contributed by atoms with Gasteiger partial charge in [-0.1, -0.05) is 17.5 Å². The number of nitrogens with one attached hydrogen (secondary N) is 1. The number of nitrogens with two attached hydrogens (primary N) is 2. The molecule has 2 fully saturated rings. The Hall–Kier alpha value is -2.88. The molecule has 19 nitrogen and oxygen atoms in total. The van der Waals surface area contributed by atoms with E-state index in [9.17, 15) is 24.7 Å². The van der Waals surface area contributed by atoms with Crippen LogP contribution < -0.4 is 17.0 Å². The lowest BCUT2D eigenvalue weighted by Gasteiger charge is -2.34. The van der Waals surface area contributed by atoms with Gasteiger partial charge in [0.2, 0.25) is 11.7 Å². The van der Waals surface area contributed by atoms with E-state index in [1.807, 2.05) is 0 Å². The Morgan fingerprint density at radius 1 is 1.32 bits per heavy atom. The van der Waals surface area contributed by atoms with Gasteiger partial charge in [0.25, 0.3) is 5.56 Å². The largest absolute Gasteiger partial charge is 0.395 e. The average Bonchev–Trinajstić information content (AvgIpc) is 3.69. The van der Waals surface area contributed by atoms with Gasteiger partial charge in [0.15, 0.2) is 22.6 Å². The fourth-order valence-corrected chi connectivity index (χ4v) is 7.84. The second-order valence-corrected chi connectivity index (χ2v) is 13.4. The van der Waals surface area contributed by atoms with Gasteiger partial charge in [-0.15, -0.1) is 16.9 Å². The summed E-state index contributed by atoms with van der Waals surface area (Å²) in [5.74, 6) is -0.193. The number of thioether (sulfide) groups is 1. The van der Waals surface area contributed by atoms with Gasteiger partial charge in [-0.3, -0.25) is 18.8 Å². The number of aliphatic hydroxyl groups excluding tert-OH is 3. The average molecular weight is 630 g/mol. The number of nitrogen functional groups attached to an aromatic ring is 2. The van der Waals surface area contributed by atoms with Crippen LogP contribution in [0, 0.1) is 0 Å². The molecule has 41 heavy (non-hydrogen) atoms. The van der Waals surface area contributed by atoms with Crippen LogP contribution in [-0.2, 0) is 24.1 Å². The lowest BCUT2D eigenvalue weighted by atomic mass is 10.1. The van der Waals surface area contributed by atoms with Crippen LogP contribution in [0.3, 0.4) is 0 Å². The van der Waals surface area contributed by atoms with Crippen LogP contribution in [0.4, 0.5) is 11.8 Å². The fourth-order valence-electron chi connectivity index (χ4n) is 4.78. The second kappa shape index (κ2) is 10.4. The number of H-pyrrole nitrogens is 1. The fraction of sp³-hybridized carbons (Fsp3) is 0.526. The molecule has 8 N–H and O–H groups in total. The van der Waals surface area contributed by atoms with E-state index in [1.54, 1.807) is 0 Å². The number of fused-ring (bicyclic) bond motifs is 2. The molecule has 220 valence electrons. The van der Waals surface area contributed by atoms with Gasteiger partial charge in [0.05, 0.1) is 36.5 Å². The SMILES string of the molecule is Nc1nc2c(nnn2[C@]2(OP(=O)(S)OC[C@H]3O[C@@H](c4cnc5c(N)ncnn45)C[C@@H]3O)CS[C@H](CO)[C@H]2O)c(=O)[nH]1. The van der Waals surface area contributed by atoms with E-state index in [0.717, 1.165) is 16.4 Å². The minimum Gasteiger partial charge on any atom is -0.395 e. The van der Waals surface area contributed by atoms with E-state index in [0.29, 0.717) is 11.3 Å². The molecule has 4 aromatic heterocycles. The van der Waals surface area contributed by atoms with E-state index >= 15 is 0 Å². The van der Waals surface area contributed by atoms with Crippen LogP contribution in [0.25, 0.3) is 16.8 Å². The standard InChI is InChI=1S/C19H24N11O8PS2/c20-14-16-22-2-7(29(16)24-6-23-14)9-1-8(32)10(37-9)4-36-39(35,40)38-19(5-41-11(3-31)13(19)33)30-15-12(27-28-30)17(34)26-18(21)25-15/h2,6,8-11,13,31-33H,1,3-5H2,(H,35,40)(H2,20,23,24)(H3,21,25,26,34)/t8-,9+,10+,11+,13+,19-,39?/m0/s1. The number of imidazole rings is 1. The highest BCUT2D eigenvalue weighted by Gasteiger charge is 2.56. The summed E-state index contributed by atoms with van der Waals surface area (Å²) in [6.07, 6.45) is -1.24. The third-order valence-electron chi connectivity index (χ3n) is 6.77. The second-order valence-electron chi connectivity index (χ2n) is 9.33. The van der Waals surface area contributed by atoms with Crippen LogP contribution >= 0.6 is 30.8 Å². The van der Waals surface area contributed by atoms with E-state index < -0.39 is 61.0 Å². The molecule has 1 unspecified atom stereocenters. The Balaban J connectivity index is 1.23. The Kier molecular flexibility index (Phi) is 7.19. The first-order valence-corrected chi connectivity index (χ1v) is 15.8. The maximum absolute atomic E-state index is 13.5. The van der Waals surface area contributed by atoms with Gasteiger partial charge in [-0.2, -0.15) is 14.8 Å². The molecule has 2 aliphatic heterocycles. The van der Waals surface area contributed by atoms with Crippen molar-refractivity contribution in [1.82, 2.24) is 44.5 Å². The molecule has 0 spiro atoms. The monoisotopic (exact) mass is 629 g/mol. The third-order valence-corrected chi connectivity index (χ3v) is 9.80. The van der Waals surface area contributed by atoms with E-state index in [2.05, 4.69) is 47.6 Å². The lowest BCUT2D eigenvalue weighted by Crippen LogP contribution is -2.49. The molecule has 7 atom stereocenters. The van der Waals surface area contributed by atoms with Crippen LogP contribution in [-0.4, -0.2) is 102 Å². The summed E-state index contributed by atoms with van der Waals surface area (Å²) in [6.45, 7) is -5.24. The van der Waals surface area contributed by atoms with Crippen LogP contribution in [0.1, 0.15) is 18.2 Å². The summed E-state index contributed by atoms with van der Waals surface area (Å²) in [5, 5.41) is 42.6. The molecule has 2 aliphatic rings. The zero-order chi connectivity index (χ0) is 29.1. The van der Waals surface area contributed by atoms with Gasteiger partial charge in [-0.25, -0.2) is 19.0 Å². The molecule has 0 saturated carbocycles. The van der Waals surface area contributed by atoms with Gasteiger partial charge in [0.1, 0.15) is 24.6 Å². The lowest BCUT2D eigenvalue weighted by molar-refractivity contribution is -0.104. The van der Waals surface area contributed by atoms with Crippen LogP contribution in [0.5, 0.6) is 0 Å². The van der Waals surface area contributed by atoms with Crippen molar-refractivity contribution in [3.8, 4) is 0 Å². The minimum absolute atomic E-state index is 0.107. The molecule has 0 bridgehead atoms. The van der Waals surface area contributed by atoms with Crippen molar-refractivity contribution in [3.05, 3.63) is 28.6 Å². The quantitative estimate of drug-likeness (QED) is 0.0836. The molecule has 0 aliphatic carbocycles. The van der Waals surface area contributed by atoms with Crippen molar-refractivity contribution in [3.63, 3.8) is 0 Å². The summed E-state index contributed by atoms with van der Waals surface area (Å²) < 4.78 is 33.2. The predicted molar refractivity (Wildman–Crippen MR) is 145 cm³/mol. The Morgan fingerprint density at radius 3 is 2.88 bits per heavy atom. The van der Waals surface area contributed by atoms with E-state index in [-0.39, 0.29) is 35.1 Å². The first kappa shape index (κ1) is 28.2. The van der Waals surface area contributed by atoms with Crippen molar-refractivity contribution < 1.29 is 33.7 Å². The molecular weight excluding hydrogens is 605 g/mol. The molecular formula is C19H24N11O8PS2. The first-order chi connectivity index (χ1) is 19.5. The van der Waals surface area contributed by atoms with E-state index in [1.165, 1.54) is 17.0 Å². The van der Waals surface area contributed by atoms with Crippen molar-refractivity contribution >= 4 is 59.4 Å². The van der Waals surface area contributed by atoms with Crippen molar-refractivity contribution in [2.45, 2.75) is 41.8 Å². The smallest absolute Gasteiger partial charge is 0.388 e. The molecule has 6 rings (SSSR count). The molecule has 2 saturated heterocycles. The number of aliphatic hydroxyl groups is 3. The summed E-state index contributed by atoms with van der Waals surface area (Å²) in [4.78, 5) is 26.7. The molecule has 0 amide bonds. The number of hydrogen-bond acceptors (Lipinski definition) is 17. The highest BCUT2D eigenvalue weighted by molar-refractivity contribution is 8.44. The Bertz CT molecular complexity index is 1720. The normalized spacial score (nSPS) is 29.9. The van der Waals surface area contributed by atoms with Crippen LogP contribution in [0.2, 0.25) is 0 Å². The van der Waals surface area contributed by atoms with Gasteiger partial charge < -0.3 is 31.5 Å². The molecule has 0 aromatic carbocycles. The summed E-state index contributed by atoms with van der Waals surface area (Å²) in [5.41, 5.74) is 9.32. The molecule has 0 radical (unpaired) electrons. The first-order valence-electron chi connectivity index (χ1n) is 12.0. The van der Waals surface area contributed by atoms with Gasteiger partial charge in [-0.05, 0) is 0 Å². The maximum Gasteiger partial charge on any atom is 0.388 e. The molecule has 6 heterocycles. The zero-order valence-corrected chi connectivity index (χ0v) is 23.4. The zero-order valence-electron chi connectivity index (χ0n) is 20.8. The van der Waals surface area contributed by atoms with Crippen molar-refractivity contribution in [1.29, 1.82) is 0 Å². The van der Waals surface area contributed by atoms with Crippen LogP contribution in [0.15, 0.2) is 17.3 Å². The summed E-state index contributed by atoms with van der Waals surface area (Å²) >= 11 is 5.19. The topological polar surface area (TPSA) is 277 Å². The molecule has 4 aromatic rings. The summed E-state index contributed by atoms with van der Waals surface area (Å²) in [7, 11) is 0. The number of ether oxygens (including phenoxy) is 1. The van der Waals surface area contributed by atoms with Gasteiger partial charge in [0, 0.05) is 12.2 Å². The number of rotatable bonds is 8.